The van der Waals surface area contributed by atoms with Gasteiger partial charge in [-0.25, -0.2) is 4.98 Å². The molecule has 0 radical (unpaired) electrons. The van der Waals surface area contributed by atoms with Gasteiger partial charge in [0.2, 0.25) is 5.91 Å². The number of carbonyl (C=O) groups is 1. The van der Waals surface area contributed by atoms with Crippen LogP contribution in [0.4, 0.5) is 0 Å². The summed E-state index contributed by atoms with van der Waals surface area (Å²) < 4.78 is 5.15. The van der Waals surface area contributed by atoms with Gasteiger partial charge in [-0.2, -0.15) is 0 Å². The number of carbonyl (C=O) groups excluding carboxylic acids is 1. The molecule has 0 unspecified atom stereocenters. The van der Waals surface area contributed by atoms with E-state index >= 15 is 0 Å². The third-order valence-electron chi connectivity index (χ3n) is 2.99. The van der Waals surface area contributed by atoms with E-state index in [4.69, 9.17) is 4.74 Å². The molecular weight excluding hydrogens is 284 g/mol. The van der Waals surface area contributed by atoms with Crippen molar-refractivity contribution in [1.29, 1.82) is 0 Å². The zero-order valence-corrected chi connectivity index (χ0v) is 13.0. The molecule has 0 aliphatic carbocycles. The normalized spacial score (nSPS) is 10.2. The highest BCUT2D eigenvalue weighted by Gasteiger charge is 2.12. The van der Waals surface area contributed by atoms with E-state index in [2.05, 4.69) is 16.9 Å². The maximum absolute atomic E-state index is 11.8. The highest BCUT2D eigenvalue weighted by Crippen LogP contribution is 2.29. The third-order valence-corrected chi connectivity index (χ3v) is 4.20. The Morgan fingerprint density at radius 3 is 2.76 bits per heavy atom. The molecular formula is C16H18N2O2S. The molecule has 2 aromatic rings. The number of benzene rings is 1. The van der Waals surface area contributed by atoms with Crippen LogP contribution in [0.3, 0.4) is 0 Å². The number of methoxy groups -OCH3 is 1. The summed E-state index contributed by atoms with van der Waals surface area (Å²) in [7, 11) is 1.64. The molecule has 1 N–H and O–H groups in total. The molecule has 0 spiro atoms. The minimum atomic E-state index is -0.0112. The largest absolute Gasteiger partial charge is 0.497 e. The van der Waals surface area contributed by atoms with Gasteiger partial charge in [0.15, 0.2) is 0 Å². The van der Waals surface area contributed by atoms with Gasteiger partial charge in [0.1, 0.15) is 10.8 Å². The number of amides is 1. The number of aromatic nitrogens is 1. The van der Waals surface area contributed by atoms with E-state index in [1.807, 2.05) is 31.2 Å². The number of hydrogen-bond donors (Lipinski definition) is 1. The van der Waals surface area contributed by atoms with Crippen LogP contribution in [0.2, 0.25) is 0 Å². The molecule has 0 saturated heterocycles. The van der Waals surface area contributed by atoms with Crippen LogP contribution in [0.25, 0.3) is 10.6 Å². The predicted octanol–water partition coefficient (Wildman–Crippen LogP) is 2.97. The number of ether oxygens (including phenoxy) is 1. The van der Waals surface area contributed by atoms with E-state index in [1.54, 1.807) is 24.5 Å². The van der Waals surface area contributed by atoms with E-state index < -0.39 is 0 Å². The second-order valence-electron chi connectivity index (χ2n) is 4.53. The fourth-order valence-corrected chi connectivity index (χ4v) is 2.91. The van der Waals surface area contributed by atoms with E-state index in [0.29, 0.717) is 13.0 Å². The lowest BCUT2D eigenvalue weighted by Crippen LogP contribution is -2.24. The molecule has 0 saturated carbocycles. The molecule has 2 rings (SSSR count). The summed E-state index contributed by atoms with van der Waals surface area (Å²) in [5, 5.41) is 3.70. The van der Waals surface area contributed by atoms with Gasteiger partial charge in [0.25, 0.3) is 0 Å². The molecule has 1 aromatic heterocycles. The second kappa shape index (κ2) is 7.04. The van der Waals surface area contributed by atoms with Crippen LogP contribution < -0.4 is 10.1 Å². The van der Waals surface area contributed by atoms with Crippen molar-refractivity contribution in [2.45, 2.75) is 13.3 Å². The van der Waals surface area contributed by atoms with Crippen molar-refractivity contribution >= 4 is 17.2 Å². The van der Waals surface area contributed by atoms with E-state index in [1.165, 1.54) is 0 Å². The van der Waals surface area contributed by atoms with Gasteiger partial charge in [-0.3, -0.25) is 4.79 Å². The second-order valence-corrected chi connectivity index (χ2v) is 5.61. The highest BCUT2D eigenvalue weighted by molar-refractivity contribution is 7.15. The molecule has 0 aliphatic heterocycles. The molecule has 4 nitrogen and oxygen atoms in total. The summed E-state index contributed by atoms with van der Waals surface area (Å²) in [5.74, 6) is 0.805. The van der Waals surface area contributed by atoms with Crippen molar-refractivity contribution in [3.8, 4) is 16.3 Å². The van der Waals surface area contributed by atoms with Crippen molar-refractivity contribution < 1.29 is 9.53 Å². The van der Waals surface area contributed by atoms with Crippen LogP contribution in [-0.2, 0) is 11.2 Å². The summed E-state index contributed by atoms with van der Waals surface area (Å²) >= 11 is 1.55. The first-order chi connectivity index (χ1) is 10.1. The van der Waals surface area contributed by atoms with Crippen LogP contribution in [0.5, 0.6) is 5.75 Å². The lowest BCUT2D eigenvalue weighted by Gasteiger charge is -2.00. The first-order valence-corrected chi connectivity index (χ1v) is 7.44. The van der Waals surface area contributed by atoms with E-state index in [9.17, 15) is 4.79 Å². The molecule has 0 fully saturated rings. The Labute approximate surface area is 128 Å². The topological polar surface area (TPSA) is 51.2 Å². The molecule has 1 aromatic carbocycles. The summed E-state index contributed by atoms with van der Waals surface area (Å²) in [4.78, 5) is 17.3. The SMILES string of the molecule is C=CCNC(=O)Cc1sc(-c2ccc(OC)cc2)nc1C. The van der Waals surface area contributed by atoms with Gasteiger partial charge in [-0.05, 0) is 31.2 Å². The third kappa shape index (κ3) is 3.92. The van der Waals surface area contributed by atoms with Crippen LogP contribution in [-0.4, -0.2) is 24.5 Å². The smallest absolute Gasteiger partial charge is 0.225 e. The molecule has 110 valence electrons. The Morgan fingerprint density at radius 2 is 2.14 bits per heavy atom. The summed E-state index contributed by atoms with van der Waals surface area (Å²) in [6.07, 6.45) is 2.02. The molecule has 0 bridgehead atoms. The van der Waals surface area contributed by atoms with Gasteiger partial charge in [-0.1, -0.05) is 6.08 Å². The lowest BCUT2D eigenvalue weighted by molar-refractivity contribution is -0.120. The molecule has 21 heavy (non-hydrogen) atoms. The zero-order valence-electron chi connectivity index (χ0n) is 12.2. The predicted molar refractivity (Wildman–Crippen MR) is 85.7 cm³/mol. The summed E-state index contributed by atoms with van der Waals surface area (Å²) in [5.41, 5.74) is 1.93. The molecule has 0 atom stereocenters. The van der Waals surface area contributed by atoms with E-state index in [-0.39, 0.29) is 5.91 Å². The number of aryl methyl sites for hydroxylation is 1. The minimum absolute atomic E-state index is 0.0112. The number of nitrogens with one attached hydrogen (secondary N) is 1. The van der Waals surface area contributed by atoms with Crippen molar-refractivity contribution in [1.82, 2.24) is 10.3 Å². The fraction of sp³-hybridized carbons (Fsp3) is 0.250. The highest BCUT2D eigenvalue weighted by atomic mass is 32.1. The Bertz CT molecular complexity index is 632. The first-order valence-electron chi connectivity index (χ1n) is 6.62. The van der Waals surface area contributed by atoms with Crippen molar-refractivity contribution in [2.24, 2.45) is 0 Å². The van der Waals surface area contributed by atoms with Crippen LogP contribution in [0, 0.1) is 6.92 Å². The Balaban J connectivity index is 2.14. The van der Waals surface area contributed by atoms with Crippen LogP contribution >= 0.6 is 11.3 Å². The molecule has 1 heterocycles. The number of hydrogen-bond acceptors (Lipinski definition) is 4. The number of nitrogens with zero attached hydrogens (tertiary/aromatic N) is 1. The van der Waals surface area contributed by atoms with Crippen LogP contribution in [0.1, 0.15) is 10.6 Å². The maximum atomic E-state index is 11.8. The monoisotopic (exact) mass is 302 g/mol. The molecule has 0 aliphatic rings. The number of rotatable bonds is 6. The molecule has 1 amide bonds. The van der Waals surface area contributed by atoms with Gasteiger partial charge in [0, 0.05) is 17.0 Å². The van der Waals surface area contributed by atoms with Gasteiger partial charge in [-0.15, -0.1) is 17.9 Å². The number of thiazole rings is 1. The quantitative estimate of drug-likeness (QED) is 0.835. The van der Waals surface area contributed by atoms with Crippen molar-refractivity contribution in [3.63, 3.8) is 0 Å². The van der Waals surface area contributed by atoms with Gasteiger partial charge in [0.05, 0.1) is 19.2 Å². The Morgan fingerprint density at radius 1 is 1.43 bits per heavy atom. The summed E-state index contributed by atoms with van der Waals surface area (Å²) in [6, 6.07) is 7.75. The first kappa shape index (κ1) is 15.3. The van der Waals surface area contributed by atoms with Crippen molar-refractivity contribution in [2.75, 3.05) is 13.7 Å². The van der Waals surface area contributed by atoms with E-state index in [0.717, 1.165) is 26.9 Å². The van der Waals surface area contributed by atoms with Crippen molar-refractivity contribution in [3.05, 3.63) is 47.5 Å². The van der Waals surface area contributed by atoms with Gasteiger partial charge >= 0.3 is 0 Å². The standard InChI is InChI=1S/C16H18N2O2S/c1-4-9-17-15(19)10-14-11(2)18-16(21-14)12-5-7-13(20-3)8-6-12/h4-8H,1,9-10H2,2-3H3,(H,17,19). The lowest BCUT2D eigenvalue weighted by atomic mass is 10.2. The van der Waals surface area contributed by atoms with Gasteiger partial charge < -0.3 is 10.1 Å². The Kier molecular flexibility index (Phi) is 5.11. The summed E-state index contributed by atoms with van der Waals surface area (Å²) in [6.45, 7) is 6.00. The maximum Gasteiger partial charge on any atom is 0.225 e. The zero-order chi connectivity index (χ0) is 15.2. The average molecular weight is 302 g/mol. The molecule has 5 heteroatoms. The van der Waals surface area contributed by atoms with Crippen LogP contribution in [0.15, 0.2) is 36.9 Å². The average Bonchev–Trinajstić information content (AvgIpc) is 2.86. The Hall–Kier alpha value is -2.14. The minimum Gasteiger partial charge on any atom is -0.497 e. The fourth-order valence-electron chi connectivity index (χ4n) is 1.84.